The number of ketones is 2. The predicted octanol–water partition coefficient (Wildman–Crippen LogP) is 3.92. The average molecular weight is 435 g/mol. The zero-order valence-corrected chi connectivity index (χ0v) is 16.6. The molecule has 1 aliphatic carbocycles. The molecule has 0 saturated heterocycles. The van der Waals surface area contributed by atoms with Crippen LogP contribution in [0.4, 0.5) is 14.5 Å². The van der Waals surface area contributed by atoms with Crippen LogP contribution in [0.15, 0.2) is 60.7 Å². The number of fused-ring (bicyclic) bond motifs is 2. The maximum atomic E-state index is 13.3. The van der Waals surface area contributed by atoms with Gasteiger partial charge in [-0.25, -0.2) is 13.6 Å². The van der Waals surface area contributed by atoms with Crippen LogP contribution in [0.1, 0.15) is 49.1 Å². The number of ether oxygens (including phenoxy) is 1. The molecule has 0 spiro atoms. The summed E-state index contributed by atoms with van der Waals surface area (Å²) in [6, 6.07) is 13.2. The Kier molecular flexibility index (Phi) is 5.36. The van der Waals surface area contributed by atoms with E-state index < -0.39 is 29.6 Å². The SMILES string of the molecule is CC(OC(=O)c1ccc(F)c(F)c1)C(=O)Nc1ccc2c(c1)C(=O)c1ccccc1C2=O. The number of hydrogen-bond acceptors (Lipinski definition) is 5. The lowest BCUT2D eigenvalue weighted by Crippen LogP contribution is -2.30. The minimum absolute atomic E-state index is 0.151. The van der Waals surface area contributed by atoms with Crippen molar-refractivity contribution < 1.29 is 32.7 Å². The van der Waals surface area contributed by atoms with Crippen LogP contribution in [-0.2, 0) is 9.53 Å². The third kappa shape index (κ3) is 3.78. The number of anilines is 1. The van der Waals surface area contributed by atoms with Gasteiger partial charge in [0.1, 0.15) is 0 Å². The first-order valence-electron chi connectivity index (χ1n) is 9.55. The number of rotatable bonds is 4. The van der Waals surface area contributed by atoms with Gasteiger partial charge in [0.25, 0.3) is 5.91 Å². The third-order valence-electron chi connectivity index (χ3n) is 5.00. The summed E-state index contributed by atoms with van der Waals surface area (Å²) in [5, 5.41) is 2.51. The second-order valence-corrected chi connectivity index (χ2v) is 7.13. The maximum Gasteiger partial charge on any atom is 0.339 e. The number of halogens is 2. The van der Waals surface area contributed by atoms with Crippen molar-refractivity contribution in [3.8, 4) is 0 Å². The van der Waals surface area contributed by atoms with Crippen LogP contribution in [0.3, 0.4) is 0 Å². The Labute approximate surface area is 180 Å². The van der Waals surface area contributed by atoms with Crippen LogP contribution in [0, 0.1) is 11.6 Å². The van der Waals surface area contributed by atoms with E-state index in [1.807, 2.05) is 0 Å². The summed E-state index contributed by atoms with van der Waals surface area (Å²) in [7, 11) is 0. The van der Waals surface area contributed by atoms with Crippen LogP contribution >= 0.6 is 0 Å². The molecule has 0 aromatic heterocycles. The summed E-state index contributed by atoms with van der Waals surface area (Å²) >= 11 is 0. The number of benzene rings is 3. The van der Waals surface area contributed by atoms with Crippen LogP contribution in [0.5, 0.6) is 0 Å². The molecule has 1 N–H and O–H groups in total. The lowest BCUT2D eigenvalue weighted by atomic mass is 9.84. The first-order valence-corrected chi connectivity index (χ1v) is 9.55. The maximum absolute atomic E-state index is 13.3. The van der Waals surface area contributed by atoms with Crippen molar-refractivity contribution in [1.82, 2.24) is 0 Å². The van der Waals surface area contributed by atoms with Crippen molar-refractivity contribution in [3.05, 3.63) is 100 Å². The summed E-state index contributed by atoms with van der Waals surface area (Å²) in [6.07, 6.45) is -1.27. The Bertz CT molecular complexity index is 1300. The lowest BCUT2D eigenvalue weighted by molar-refractivity contribution is -0.123. The fourth-order valence-electron chi connectivity index (χ4n) is 3.33. The Morgan fingerprint density at radius 1 is 0.812 bits per heavy atom. The molecule has 32 heavy (non-hydrogen) atoms. The molecule has 0 radical (unpaired) electrons. The zero-order chi connectivity index (χ0) is 23.0. The van der Waals surface area contributed by atoms with E-state index >= 15 is 0 Å². The van der Waals surface area contributed by atoms with Crippen molar-refractivity contribution in [2.45, 2.75) is 13.0 Å². The summed E-state index contributed by atoms with van der Waals surface area (Å²) in [5.74, 6) is -4.68. The summed E-state index contributed by atoms with van der Waals surface area (Å²) in [4.78, 5) is 50.0. The molecule has 0 fully saturated rings. The van der Waals surface area contributed by atoms with E-state index in [-0.39, 0.29) is 39.5 Å². The molecule has 0 heterocycles. The Morgan fingerprint density at radius 2 is 1.44 bits per heavy atom. The van der Waals surface area contributed by atoms with Crippen molar-refractivity contribution in [1.29, 1.82) is 0 Å². The molecule has 4 rings (SSSR count). The van der Waals surface area contributed by atoms with E-state index in [0.717, 1.165) is 12.1 Å². The number of esters is 1. The minimum Gasteiger partial charge on any atom is -0.449 e. The number of carbonyl (C=O) groups is 4. The van der Waals surface area contributed by atoms with Gasteiger partial charge in [-0.1, -0.05) is 24.3 Å². The summed E-state index contributed by atoms with van der Waals surface area (Å²) in [5.41, 5.74) is 0.953. The molecule has 1 atom stereocenters. The van der Waals surface area contributed by atoms with Gasteiger partial charge < -0.3 is 10.1 Å². The van der Waals surface area contributed by atoms with Gasteiger partial charge in [0.2, 0.25) is 0 Å². The first kappa shape index (κ1) is 21.0. The van der Waals surface area contributed by atoms with Gasteiger partial charge in [0.15, 0.2) is 29.3 Å². The highest BCUT2D eigenvalue weighted by molar-refractivity contribution is 6.28. The van der Waals surface area contributed by atoms with Crippen LogP contribution < -0.4 is 5.32 Å². The largest absolute Gasteiger partial charge is 0.449 e. The van der Waals surface area contributed by atoms with Gasteiger partial charge in [0.05, 0.1) is 5.56 Å². The van der Waals surface area contributed by atoms with Gasteiger partial charge in [-0.2, -0.15) is 0 Å². The average Bonchev–Trinajstić information content (AvgIpc) is 2.79. The normalized spacial score (nSPS) is 13.1. The molecule has 0 saturated carbocycles. The zero-order valence-electron chi connectivity index (χ0n) is 16.6. The van der Waals surface area contributed by atoms with E-state index in [1.165, 1.54) is 25.1 Å². The molecule has 8 heteroatoms. The Hall–Kier alpha value is -4.20. The van der Waals surface area contributed by atoms with E-state index in [4.69, 9.17) is 4.74 Å². The van der Waals surface area contributed by atoms with E-state index in [2.05, 4.69) is 5.32 Å². The van der Waals surface area contributed by atoms with Crippen LogP contribution in [-0.4, -0.2) is 29.5 Å². The van der Waals surface area contributed by atoms with Gasteiger partial charge >= 0.3 is 5.97 Å². The minimum atomic E-state index is -1.27. The fourth-order valence-corrected chi connectivity index (χ4v) is 3.33. The molecule has 0 aliphatic heterocycles. The topological polar surface area (TPSA) is 89.5 Å². The first-order chi connectivity index (χ1) is 15.3. The highest BCUT2D eigenvalue weighted by atomic mass is 19.2. The monoisotopic (exact) mass is 435 g/mol. The van der Waals surface area contributed by atoms with Crippen LogP contribution in [0.25, 0.3) is 0 Å². The number of amides is 1. The van der Waals surface area contributed by atoms with E-state index in [1.54, 1.807) is 24.3 Å². The number of carbonyl (C=O) groups excluding carboxylic acids is 4. The van der Waals surface area contributed by atoms with E-state index in [9.17, 15) is 28.0 Å². The molecule has 3 aromatic carbocycles. The van der Waals surface area contributed by atoms with Gasteiger partial charge in [-0.15, -0.1) is 0 Å². The second-order valence-electron chi connectivity index (χ2n) is 7.13. The van der Waals surface area contributed by atoms with Crippen molar-refractivity contribution in [2.24, 2.45) is 0 Å². The van der Waals surface area contributed by atoms with Gasteiger partial charge in [0, 0.05) is 27.9 Å². The highest BCUT2D eigenvalue weighted by Gasteiger charge is 2.30. The molecule has 6 nitrogen and oxygen atoms in total. The smallest absolute Gasteiger partial charge is 0.339 e. The van der Waals surface area contributed by atoms with Crippen molar-refractivity contribution in [2.75, 3.05) is 5.32 Å². The Balaban J connectivity index is 1.49. The molecular formula is C24H15F2NO5. The quantitative estimate of drug-likeness (QED) is 0.491. The molecule has 160 valence electrons. The summed E-state index contributed by atoms with van der Waals surface area (Å²) < 4.78 is 31.3. The molecule has 3 aromatic rings. The number of nitrogens with one attached hydrogen (secondary N) is 1. The number of hydrogen-bond donors (Lipinski definition) is 1. The fraction of sp³-hybridized carbons (Fsp3) is 0.0833. The van der Waals surface area contributed by atoms with Crippen LogP contribution in [0.2, 0.25) is 0 Å². The van der Waals surface area contributed by atoms with Crippen molar-refractivity contribution in [3.63, 3.8) is 0 Å². The highest BCUT2D eigenvalue weighted by Crippen LogP contribution is 2.29. The van der Waals surface area contributed by atoms with Gasteiger partial charge in [-0.05, 0) is 43.3 Å². The standard InChI is InChI=1S/C24H15F2NO5/c1-12(32-24(31)13-6-9-19(25)20(26)10-13)23(30)27-14-7-8-17-18(11-14)22(29)16-5-3-2-4-15(16)21(17)28/h2-12H,1H3,(H,27,30). The molecular weight excluding hydrogens is 420 g/mol. The molecule has 1 amide bonds. The third-order valence-corrected chi connectivity index (χ3v) is 5.00. The Morgan fingerprint density at radius 3 is 2.09 bits per heavy atom. The second kappa shape index (κ2) is 8.14. The predicted molar refractivity (Wildman–Crippen MR) is 110 cm³/mol. The molecule has 1 aliphatic rings. The molecule has 0 bridgehead atoms. The van der Waals surface area contributed by atoms with Gasteiger partial charge in [-0.3, -0.25) is 14.4 Å². The molecule has 1 unspecified atom stereocenters. The lowest BCUT2D eigenvalue weighted by Gasteiger charge is -2.19. The van der Waals surface area contributed by atoms with Crippen molar-refractivity contribution >= 4 is 29.1 Å². The summed E-state index contributed by atoms with van der Waals surface area (Å²) in [6.45, 7) is 1.30. The van der Waals surface area contributed by atoms with E-state index in [0.29, 0.717) is 11.6 Å².